The van der Waals surface area contributed by atoms with E-state index in [0.29, 0.717) is 17.2 Å². The maximum absolute atomic E-state index is 10.9. The second kappa shape index (κ2) is 5.20. The minimum Gasteiger partial charge on any atom is -0.453 e. The molecule has 1 aromatic carbocycles. The van der Waals surface area contributed by atoms with Crippen LogP contribution in [0, 0.1) is 24.0 Å². The molecule has 0 fully saturated rings. The van der Waals surface area contributed by atoms with Gasteiger partial charge in [-0.05, 0) is 13.8 Å². The summed E-state index contributed by atoms with van der Waals surface area (Å²) in [5, 5.41) is 18.0. The molecule has 0 atom stereocenters. The van der Waals surface area contributed by atoms with Crippen molar-refractivity contribution < 1.29 is 9.66 Å². The molecule has 0 saturated heterocycles. The molecule has 2 aromatic rings. The Morgan fingerprint density at radius 2 is 2.05 bits per heavy atom. The van der Waals surface area contributed by atoms with Crippen LogP contribution in [-0.4, -0.2) is 21.8 Å². The molecule has 20 heavy (non-hydrogen) atoms. The zero-order valence-electron chi connectivity index (χ0n) is 11.8. The minimum absolute atomic E-state index is 0.0222. The molecule has 106 valence electrons. The van der Waals surface area contributed by atoms with Crippen molar-refractivity contribution in [3.8, 4) is 11.5 Å². The molecule has 7 nitrogen and oxygen atoms in total. The van der Waals surface area contributed by atoms with Gasteiger partial charge in [0, 0.05) is 31.9 Å². The monoisotopic (exact) mass is 276 g/mol. The Balaban J connectivity index is 2.42. The van der Waals surface area contributed by atoms with Crippen molar-refractivity contribution in [1.29, 1.82) is 0 Å². The molecular weight excluding hydrogens is 260 g/mol. The van der Waals surface area contributed by atoms with E-state index in [0.717, 1.165) is 11.4 Å². The normalized spacial score (nSPS) is 10.4. The number of nitrogens with zero attached hydrogens (tertiary/aromatic N) is 3. The van der Waals surface area contributed by atoms with Crippen molar-refractivity contribution in [2.24, 2.45) is 7.05 Å². The summed E-state index contributed by atoms with van der Waals surface area (Å²) in [7, 11) is 3.52. The van der Waals surface area contributed by atoms with Crippen molar-refractivity contribution >= 4 is 11.4 Å². The predicted molar refractivity (Wildman–Crippen MR) is 75.4 cm³/mol. The Hall–Kier alpha value is -2.57. The van der Waals surface area contributed by atoms with Crippen LogP contribution in [0.1, 0.15) is 11.4 Å². The van der Waals surface area contributed by atoms with Gasteiger partial charge in [0.2, 0.25) is 0 Å². The van der Waals surface area contributed by atoms with E-state index >= 15 is 0 Å². The standard InChI is InChI=1S/C13H16N4O3/c1-8-13(9(2)16(4)15-8)20-12-6-10(14-3)5-11(7-12)17(18)19/h5-7,14H,1-4H3. The molecule has 0 aliphatic carbocycles. The second-order valence-corrected chi connectivity index (χ2v) is 4.45. The first kappa shape index (κ1) is 13.9. The fraction of sp³-hybridized carbons (Fsp3) is 0.308. The maximum Gasteiger partial charge on any atom is 0.275 e. The zero-order valence-corrected chi connectivity index (χ0v) is 11.8. The van der Waals surface area contributed by atoms with Crippen LogP contribution in [0.3, 0.4) is 0 Å². The summed E-state index contributed by atoms with van der Waals surface area (Å²) in [5.74, 6) is 1.03. The summed E-state index contributed by atoms with van der Waals surface area (Å²) in [6.07, 6.45) is 0. The van der Waals surface area contributed by atoms with E-state index in [-0.39, 0.29) is 5.69 Å². The molecule has 7 heteroatoms. The van der Waals surface area contributed by atoms with Crippen molar-refractivity contribution in [2.45, 2.75) is 13.8 Å². The molecule has 0 radical (unpaired) electrons. The number of nitro groups is 1. The molecule has 1 aromatic heterocycles. The molecule has 0 unspecified atom stereocenters. The highest BCUT2D eigenvalue weighted by Crippen LogP contribution is 2.32. The number of hydrogen-bond acceptors (Lipinski definition) is 5. The van der Waals surface area contributed by atoms with Crippen molar-refractivity contribution in [3.63, 3.8) is 0 Å². The van der Waals surface area contributed by atoms with Gasteiger partial charge in [0.1, 0.15) is 11.4 Å². The molecule has 1 heterocycles. The first-order valence-electron chi connectivity index (χ1n) is 6.07. The summed E-state index contributed by atoms with van der Waals surface area (Å²) in [4.78, 5) is 10.5. The molecular formula is C13H16N4O3. The number of aryl methyl sites for hydroxylation is 2. The highest BCUT2D eigenvalue weighted by molar-refractivity contribution is 5.57. The van der Waals surface area contributed by atoms with Gasteiger partial charge in [0.25, 0.3) is 5.69 Å². The number of hydrogen-bond donors (Lipinski definition) is 1. The van der Waals surface area contributed by atoms with E-state index in [1.807, 2.05) is 20.9 Å². The quantitative estimate of drug-likeness (QED) is 0.685. The Kier molecular flexibility index (Phi) is 3.60. The first-order chi connectivity index (χ1) is 9.42. The van der Waals surface area contributed by atoms with Gasteiger partial charge in [-0.3, -0.25) is 14.8 Å². The number of benzene rings is 1. The lowest BCUT2D eigenvalue weighted by Crippen LogP contribution is -1.96. The van der Waals surface area contributed by atoms with E-state index in [2.05, 4.69) is 10.4 Å². The van der Waals surface area contributed by atoms with Crippen molar-refractivity contribution in [3.05, 3.63) is 39.7 Å². The van der Waals surface area contributed by atoms with Gasteiger partial charge >= 0.3 is 0 Å². The number of non-ortho nitro benzene ring substituents is 1. The van der Waals surface area contributed by atoms with Gasteiger partial charge in [-0.1, -0.05) is 0 Å². The summed E-state index contributed by atoms with van der Waals surface area (Å²) < 4.78 is 7.48. The third-order valence-electron chi connectivity index (χ3n) is 3.05. The lowest BCUT2D eigenvalue weighted by molar-refractivity contribution is -0.384. The number of rotatable bonds is 4. The van der Waals surface area contributed by atoms with Crippen LogP contribution < -0.4 is 10.1 Å². The summed E-state index contributed by atoms with van der Waals surface area (Å²) in [6.45, 7) is 3.71. The summed E-state index contributed by atoms with van der Waals surface area (Å²) in [5.41, 5.74) is 2.20. The van der Waals surface area contributed by atoms with Crippen LogP contribution >= 0.6 is 0 Å². The van der Waals surface area contributed by atoms with Crippen LogP contribution in [0.15, 0.2) is 18.2 Å². The number of nitrogens with one attached hydrogen (secondary N) is 1. The number of anilines is 1. The predicted octanol–water partition coefficient (Wildman–Crippen LogP) is 2.78. The van der Waals surface area contributed by atoms with Gasteiger partial charge in [-0.2, -0.15) is 5.10 Å². The van der Waals surface area contributed by atoms with Crippen LogP contribution in [0.2, 0.25) is 0 Å². The van der Waals surface area contributed by atoms with E-state index in [1.54, 1.807) is 17.8 Å². The molecule has 0 amide bonds. The molecule has 0 aliphatic rings. The minimum atomic E-state index is -0.448. The molecule has 0 aliphatic heterocycles. The third-order valence-corrected chi connectivity index (χ3v) is 3.05. The molecule has 2 rings (SSSR count). The Morgan fingerprint density at radius 3 is 2.55 bits per heavy atom. The largest absolute Gasteiger partial charge is 0.453 e. The van der Waals surface area contributed by atoms with Gasteiger partial charge in [-0.15, -0.1) is 0 Å². The molecule has 1 N–H and O–H groups in total. The van der Waals surface area contributed by atoms with Crippen molar-refractivity contribution in [1.82, 2.24) is 9.78 Å². The highest BCUT2D eigenvalue weighted by Gasteiger charge is 2.15. The van der Waals surface area contributed by atoms with Crippen LogP contribution in [0.4, 0.5) is 11.4 Å². The summed E-state index contributed by atoms with van der Waals surface area (Å²) in [6, 6.07) is 4.56. The van der Waals surface area contributed by atoms with Gasteiger partial charge in [0.15, 0.2) is 5.75 Å². The lowest BCUT2D eigenvalue weighted by atomic mass is 10.2. The Labute approximate surface area is 116 Å². The molecule has 0 bridgehead atoms. The number of nitro benzene ring substituents is 1. The lowest BCUT2D eigenvalue weighted by Gasteiger charge is -2.08. The van der Waals surface area contributed by atoms with Crippen LogP contribution in [0.5, 0.6) is 11.5 Å². The Bertz CT molecular complexity index is 664. The van der Waals surface area contributed by atoms with Crippen LogP contribution in [0.25, 0.3) is 0 Å². The SMILES string of the molecule is CNc1cc(Oc2c(C)nn(C)c2C)cc([N+](=O)[O-])c1. The van der Waals surface area contributed by atoms with Crippen molar-refractivity contribution in [2.75, 3.05) is 12.4 Å². The Morgan fingerprint density at radius 1 is 1.35 bits per heavy atom. The van der Waals surface area contributed by atoms with Gasteiger partial charge in [0.05, 0.1) is 16.7 Å². The van der Waals surface area contributed by atoms with Gasteiger partial charge < -0.3 is 10.1 Å². The maximum atomic E-state index is 10.9. The molecule has 0 saturated carbocycles. The topological polar surface area (TPSA) is 82.2 Å². The molecule has 0 spiro atoms. The fourth-order valence-corrected chi connectivity index (χ4v) is 1.91. The third kappa shape index (κ3) is 2.56. The smallest absolute Gasteiger partial charge is 0.275 e. The van der Waals surface area contributed by atoms with E-state index in [4.69, 9.17) is 4.74 Å². The van der Waals surface area contributed by atoms with Crippen LogP contribution in [-0.2, 0) is 7.05 Å². The number of aromatic nitrogens is 2. The first-order valence-corrected chi connectivity index (χ1v) is 6.07. The second-order valence-electron chi connectivity index (χ2n) is 4.45. The number of ether oxygens (including phenoxy) is 1. The average molecular weight is 276 g/mol. The van der Waals surface area contributed by atoms with E-state index < -0.39 is 4.92 Å². The summed E-state index contributed by atoms with van der Waals surface area (Å²) >= 11 is 0. The van der Waals surface area contributed by atoms with Gasteiger partial charge in [-0.25, -0.2) is 0 Å². The zero-order chi connectivity index (χ0) is 14.9. The fourth-order valence-electron chi connectivity index (χ4n) is 1.91. The highest BCUT2D eigenvalue weighted by atomic mass is 16.6. The average Bonchev–Trinajstić information content (AvgIpc) is 2.65. The van der Waals surface area contributed by atoms with E-state index in [1.165, 1.54) is 12.1 Å². The van der Waals surface area contributed by atoms with E-state index in [9.17, 15) is 10.1 Å².